The molecule has 0 unspecified atom stereocenters. The number of nitrogen functional groups attached to an aromatic ring is 1. The number of pyridine rings is 1. The van der Waals surface area contributed by atoms with Crippen LogP contribution in [0.1, 0.15) is 12.1 Å². The Hall–Kier alpha value is -1.35. The minimum Gasteiger partial charge on any atom is -0.399 e. The van der Waals surface area contributed by atoms with Gasteiger partial charge in [0.05, 0.1) is 18.9 Å². The fourth-order valence-electron chi connectivity index (χ4n) is 1.38. The summed E-state index contributed by atoms with van der Waals surface area (Å²) in [6, 6.07) is 3.69. The largest absolute Gasteiger partial charge is 0.399 e. The summed E-state index contributed by atoms with van der Waals surface area (Å²) in [6.07, 6.45) is 4.72. The van der Waals surface area contributed by atoms with Gasteiger partial charge in [-0.2, -0.15) is 0 Å². The summed E-state index contributed by atoms with van der Waals surface area (Å²) < 4.78 is 5.22. The van der Waals surface area contributed by atoms with E-state index < -0.39 is 0 Å². The lowest BCUT2D eigenvalue weighted by atomic mass is 10.1. The molecule has 2 rings (SSSR count). The van der Waals surface area contributed by atoms with Gasteiger partial charge in [-0.3, -0.25) is 4.98 Å². The summed E-state index contributed by atoms with van der Waals surface area (Å²) in [7, 11) is 0. The van der Waals surface area contributed by atoms with Crippen LogP contribution in [0, 0.1) is 0 Å². The third-order valence-electron chi connectivity index (χ3n) is 2.08. The van der Waals surface area contributed by atoms with Gasteiger partial charge >= 0.3 is 0 Å². The molecule has 1 aromatic heterocycles. The molecule has 2 heterocycles. The first kappa shape index (κ1) is 8.26. The number of anilines is 1. The quantitative estimate of drug-likeness (QED) is 0.704. The second-order valence-electron chi connectivity index (χ2n) is 3.03. The molecule has 0 saturated carbocycles. The standard InChI is InChI=1S/C10H12N2O/c11-9-1-4-12-10(7-9)8-2-5-13-6-3-8/h1-2,4,7H,3,5-6H2,(H2,11,12). The van der Waals surface area contributed by atoms with E-state index in [0.717, 1.165) is 24.4 Å². The Labute approximate surface area is 77.2 Å². The zero-order valence-electron chi connectivity index (χ0n) is 7.36. The van der Waals surface area contributed by atoms with Gasteiger partial charge in [0.2, 0.25) is 0 Å². The van der Waals surface area contributed by atoms with Gasteiger partial charge in [-0.1, -0.05) is 6.08 Å². The van der Waals surface area contributed by atoms with Crippen molar-refractivity contribution in [3.8, 4) is 0 Å². The minimum atomic E-state index is 0.686. The highest BCUT2D eigenvalue weighted by molar-refractivity contribution is 5.65. The van der Waals surface area contributed by atoms with Crippen molar-refractivity contribution < 1.29 is 4.74 Å². The van der Waals surface area contributed by atoms with Crippen molar-refractivity contribution in [1.82, 2.24) is 4.98 Å². The fourth-order valence-corrected chi connectivity index (χ4v) is 1.38. The number of nitrogens with two attached hydrogens (primary N) is 1. The van der Waals surface area contributed by atoms with Gasteiger partial charge in [0.1, 0.15) is 0 Å². The average molecular weight is 176 g/mol. The first-order valence-electron chi connectivity index (χ1n) is 4.35. The molecule has 0 amide bonds. The van der Waals surface area contributed by atoms with E-state index in [-0.39, 0.29) is 0 Å². The van der Waals surface area contributed by atoms with Gasteiger partial charge in [0.25, 0.3) is 0 Å². The molecule has 0 saturated heterocycles. The van der Waals surface area contributed by atoms with Crippen molar-refractivity contribution in [2.45, 2.75) is 6.42 Å². The Balaban J connectivity index is 2.29. The molecule has 1 aliphatic rings. The Kier molecular flexibility index (Phi) is 2.27. The molecule has 0 fully saturated rings. The zero-order chi connectivity index (χ0) is 9.10. The lowest BCUT2D eigenvalue weighted by Crippen LogP contribution is -2.05. The molecule has 68 valence electrons. The maximum atomic E-state index is 5.67. The van der Waals surface area contributed by atoms with Gasteiger partial charge in [-0.05, 0) is 24.1 Å². The summed E-state index contributed by atoms with van der Waals surface area (Å²) >= 11 is 0. The first-order valence-corrected chi connectivity index (χ1v) is 4.35. The molecule has 0 radical (unpaired) electrons. The van der Waals surface area contributed by atoms with E-state index in [9.17, 15) is 0 Å². The number of nitrogens with zero attached hydrogens (tertiary/aromatic N) is 1. The van der Waals surface area contributed by atoms with E-state index in [2.05, 4.69) is 11.1 Å². The topological polar surface area (TPSA) is 48.1 Å². The summed E-state index contributed by atoms with van der Waals surface area (Å²) in [5, 5.41) is 0. The van der Waals surface area contributed by atoms with Gasteiger partial charge in [0.15, 0.2) is 0 Å². The highest BCUT2D eigenvalue weighted by Crippen LogP contribution is 2.20. The minimum absolute atomic E-state index is 0.686. The summed E-state index contributed by atoms with van der Waals surface area (Å²) in [4.78, 5) is 4.26. The van der Waals surface area contributed by atoms with E-state index >= 15 is 0 Å². The number of ether oxygens (including phenoxy) is 1. The van der Waals surface area contributed by atoms with Gasteiger partial charge in [-0.25, -0.2) is 0 Å². The number of rotatable bonds is 1. The third-order valence-corrected chi connectivity index (χ3v) is 2.08. The number of hydrogen-bond acceptors (Lipinski definition) is 3. The van der Waals surface area contributed by atoms with Crippen LogP contribution in [0.4, 0.5) is 5.69 Å². The Morgan fingerprint density at radius 2 is 2.38 bits per heavy atom. The summed E-state index contributed by atoms with van der Waals surface area (Å²) in [6.45, 7) is 1.47. The molecule has 0 bridgehead atoms. The predicted molar refractivity (Wildman–Crippen MR) is 52.1 cm³/mol. The van der Waals surface area contributed by atoms with E-state index in [1.54, 1.807) is 12.3 Å². The van der Waals surface area contributed by atoms with Crippen molar-refractivity contribution >= 4 is 11.3 Å². The molecule has 13 heavy (non-hydrogen) atoms. The second-order valence-corrected chi connectivity index (χ2v) is 3.03. The maximum Gasteiger partial charge on any atom is 0.0680 e. The lowest BCUT2D eigenvalue weighted by molar-refractivity contribution is 0.161. The van der Waals surface area contributed by atoms with Crippen LogP contribution in [-0.2, 0) is 4.74 Å². The zero-order valence-corrected chi connectivity index (χ0v) is 7.36. The van der Waals surface area contributed by atoms with E-state index in [0.29, 0.717) is 6.61 Å². The van der Waals surface area contributed by atoms with Crippen LogP contribution in [0.25, 0.3) is 5.57 Å². The number of aromatic nitrogens is 1. The monoisotopic (exact) mass is 176 g/mol. The van der Waals surface area contributed by atoms with Crippen molar-refractivity contribution in [1.29, 1.82) is 0 Å². The van der Waals surface area contributed by atoms with Crippen LogP contribution >= 0.6 is 0 Å². The van der Waals surface area contributed by atoms with Crippen molar-refractivity contribution in [3.05, 3.63) is 30.1 Å². The lowest BCUT2D eigenvalue weighted by Gasteiger charge is -2.12. The normalized spacial score (nSPS) is 16.8. The van der Waals surface area contributed by atoms with Crippen molar-refractivity contribution in [3.63, 3.8) is 0 Å². The summed E-state index contributed by atoms with van der Waals surface area (Å²) in [5.41, 5.74) is 8.64. The van der Waals surface area contributed by atoms with Crippen LogP contribution < -0.4 is 5.73 Å². The van der Waals surface area contributed by atoms with Crippen LogP contribution in [0.15, 0.2) is 24.4 Å². The molecule has 0 spiro atoms. The molecule has 3 nitrogen and oxygen atoms in total. The molecule has 0 atom stereocenters. The maximum absolute atomic E-state index is 5.67. The van der Waals surface area contributed by atoms with E-state index in [4.69, 9.17) is 10.5 Å². The molecule has 1 aliphatic heterocycles. The molecule has 3 heteroatoms. The van der Waals surface area contributed by atoms with Crippen LogP contribution in [0.2, 0.25) is 0 Å². The molecule has 2 N–H and O–H groups in total. The smallest absolute Gasteiger partial charge is 0.0680 e. The molecule has 1 aromatic rings. The SMILES string of the molecule is Nc1ccnc(C2=CCOCC2)c1. The Morgan fingerprint density at radius 3 is 3.08 bits per heavy atom. The van der Waals surface area contributed by atoms with Crippen LogP contribution in [0.5, 0.6) is 0 Å². The highest BCUT2D eigenvalue weighted by Gasteiger charge is 2.06. The highest BCUT2D eigenvalue weighted by atomic mass is 16.5. The molecule has 0 aliphatic carbocycles. The predicted octanol–water partition coefficient (Wildman–Crippen LogP) is 1.47. The molecular formula is C10H12N2O. The fraction of sp³-hybridized carbons (Fsp3) is 0.300. The average Bonchev–Trinajstić information content (AvgIpc) is 2.19. The van der Waals surface area contributed by atoms with E-state index in [1.807, 2.05) is 6.07 Å². The second kappa shape index (κ2) is 3.58. The Morgan fingerprint density at radius 1 is 1.46 bits per heavy atom. The van der Waals surface area contributed by atoms with Crippen molar-refractivity contribution in [2.75, 3.05) is 18.9 Å². The van der Waals surface area contributed by atoms with Crippen LogP contribution in [-0.4, -0.2) is 18.2 Å². The van der Waals surface area contributed by atoms with Crippen LogP contribution in [0.3, 0.4) is 0 Å². The van der Waals surface area contributed by atoms with Gasteiger partial charge in [-0.15, -0.1) is 0 Å². The number of hydrogen-bond donors (Lipinski definition) is 1. The Bertz CT molecular complexity index is 333. The first-order chi connectivity index (χ1) is 6.36. The third kappa shape index (κ3) is 1.87. The van der Waals surface area contributed by atoms with Crippen molar-refractivity contribution in [2.24, 2.45) is 0 Å². The molecular weight excluding hydrogens is 164 g/mol. The van der Waals surface area contributed by atoms with Gasteiger partial charge in [0, 0.05) is 11.9 Å². The van der Waals surface area contributed by atoms with Gasteiger partial charge < -0.3 is 10.5 Å². The summed E-state index contributed by atoms with van der Waals surface area (Å²) in [5.74, 6) is 0. The van der Waals surface area contributed by atoms with E-state index in [1.165, 1.54) is 5.57 Å². The molecule has 0 aromatic carbocycles.